The first-order valence-electron chi connectivity index (χ1n) is 20.8. The summed E-state index contributed by atoms with van der Waals surface area (Å²) in [6.07, 6.45) is 0. The highest BCUT2D eigenvalue weighted by molar-refractivity contribution is 7.99. The lowest BCUT2D eigenvalue weighted by Crippen LogP contribution is -2.62. The van der Waals surface area contributed by atoms with E-state index in [0.29, 0.717) is 0 Å². The summed E-state index contributed by atoms with van der Waals surface area (Å²) >= 11 is 1.90. The summed E-state index contributed by atoms with van der Waals surface area (Å²) in [6, 6.07) is 86.5. The molecular formula is C57H39NSSi. The van der Waals surface area contributed by atoms with Gasteiger partial charge in [-0.1, -0.05) is 205 Å². The molecule has 0 saturated carbocycles. The molecule has 12 rings (SSSR count). The smallest absolute Gasteiger partial charge is 0.133 e. The summed E-state index contributed by atoms with van der Waals surface area (Å²) in [7, 11) is -1.95. The third-order valence-corrected chi connectivity index (χ3v) is 17.3. The number of benzene rings is 10. The van der Waals surface area contributed by atoms with Gasteiger partial charge in [0.25, 0.3) is 0 Å². The monoisotopic (exact) mass is 797 g/mol. The molecule has 60 heavy (non-hydrogen) atoms. The third kappa shape index (κ3) is 5.33. The summed E-state index contributed by atoms with van der Waals surface area (Å²) in [6.45, 7) is 0. The van der Waals surface area contributed by atoms with Crippen molar-refractivity contribution in [3.05, 3.63) is 253 Å². The maximum atomic E-state index is 2.58. The molecule has 3 heteroatoms. The van der Waals surface area contributed by atoms with Crippen LogP contribution >= 0.6 is 11.8 Å². The van der Waals surface area contributed by atoms with Crippen LogP contribution in [0.25, 0.3) is 32.7 Å². The van der Waals surface area contributed by atoms with Crippen LogP contribution in [0.2, 0.25) is 0 Å². The van der Waals surface area contributed by atoms with Crippen molar-refractivity contribution in [2.24, 2.45) is 0 Å². The SMILES string of the molecule is c1ccc(-c2ccc(N(c3ccc4c(c3)C3(c5ccccc5Sc5ccccc53)c3ccccc3[SiH]4c3ccccc3)c3cc4ccccc4c4ccccc34)cc2)cc1. The molecule has 2 heterocycles. The van der Waals surface area contributed by atoms with E-state index in [1.807, 2.05) is 11.8 Å². The molecule has 1 unspecified atom stereocenters. The minimum Gasteiger partial charge on any atom is -0.310 e. The van der Waals surface area contributed by atoms with Crippen LogP contribution in [-0.4, -0.2) is 8.80 Å². The standard InChI is InChI=1S/C57H39NSSi/c1-3-17-39(18-4-1)40-31-33-42(34-32-40)58(52-37-41-19-7-8-22-45(41)46-23-9-10-24-47(46)52)43-35-36-56-51(38-43)57(48-25-11-14-28-53(48)59-54-29-15-12-26-49(54)57)50-27-13-16-30-55(50)60(56)44-20-5-2-6-21-44/h1-38,60H. The second-order valence-corrected chi connectivity index (χ2v) is 19.8. The summed E-state index contributed by atoms with van der Waals surface area (Å²) in [5.74, 6) is 0. The Balaban J connectivity index is 1.19. The van der Waals surface area contributed by atoms with Crippen molar-refractivity contribution in [3.63, 3.8) is 0 Å². The molecule has 282 valence electrons. The van der Waals surface area contributed by atoms with Gasteiger partial charge in [0.15, 0.2) is 0 Å². The van der Waals surface area contributed by atoms with E-state index in [1.54, 1.807) is 0 Å². The fourth-order valence-electron chi connectivity index (χ4n) is 10.3. The average molecular weight is 798 g/mol. The molecule has 0 N–H and O–H groups in total. The van der Waals surface area contributed by atoms with Gasteiger partial charge in [-0.15, -0.1) is 0 Å². The van der Waals surface area contributed by atoms with Crippen LogP contribution in [-0.2, 0) is 5.41 Å². The second-order valence-electron chi connectivity index (χ2n) is 16.0. The van der Waals surface area contributed by atoms with Crippen molar-refractivity contribution < 1.29 is 0 Å². The van der Waals surface area contributed by atoms with E-state index in [0.717, 1.165) is 11.4 Å². The molecule has 2 aliphatic rings. The Kier molecular flexibility index (Phi) is 8.26. The molecule has 0 saturated heterocycles. The van der Waals surface area contributed by atoms with Crippen LogP contribution in [0.5, 0.6) is 0 Å². The maximum Gasteiger partial charge on any atom is 0.133 e. The Morgan fingerprint density at radius 1 is 0.367 bits per heavy atom. The molecule has 10 aromatic rings. The van der Waals surface area contributed by atoms with Crippen molar-refractivity contribution in [3.8, 4) is 11.1 Å². The van der Waals surface area contributed by atoms with Crippen LogP contribution < -0.4 is 20.5 Å². The number of anilines is 3. The highest BCUT2D eigenvalue weighted by Gasteiger charge is 2.51. The Morgan fingerprint density at radius 2 is 0.900 bits per heavy atom. The van der Waals surface area contributed by atoms with Gasteiger partial charge in [-0.25, -0.2) is 0 Å². The van der Waals surface area contributed by atoms with Crippen molar-refractivity contribution in [2.45, 2.75) is 15.2 Å². The van der Waals surface area contributed by atoms with E-state index in [4.69, 9.17) is 0 Å². The zero-order valence-corrected chi connectivity index (χ0v) is 34.8. The predicted molar refractivity (Wildman–Crippen MR) is 256 cm³/mol. The zero-order valence-electron chi connectivity index (χ0n) is 32.9. The second kappa shape index (κ2) is 14.1. The van der Waals surface area contributed by atoms with E-state index in [9.17, 15) is 0 Å². The fourth-order valence-corrected chi connectivity index (χ4v) is 15.0. The molecule has 0 amide bonds. The molecule has 0 aromatic heterocycles. The van der Waals surface area contributed by atoms with Gasteiger partial charge in [-0.2, -0.15) is 0 Å². The molecule has 0 bridgehead atoms. The van der Waals surface area contributed by atoms with Crippen molar-refractivity contribution in [2.75, 3.05) is 4.90 Å². The van der Waals surface area contributed by atoms with Gasteiger partial charge in [0.05, 0.1) is 11.1 Å². The Labute approximate surface area is 356 Å². The Bertz CT molecular complexity index is 3200. The van der Waals surface area contributed by atoms with E-state index in [-0.39, 0.29) is 0 Å². The van der Waals surface area contributed by atoms with Crippen molar-refractivity contribution >= 4 is 74.7 Å². The van der Waals surface area contributed by atoms with E-state index in [2.05, 4.69) is 235 Å². The lowest BCUT2D eigenvalue weighted by Gasteiger charge is -2.48. The number of hydrogen-bond donors (Lipinski definition) is 0. The van der Waals surface area contributed by atoms with Crippen LogP contribution in [0, 0.1) is 0 Å². The number of rotatable bonds is 5. The van der Waals surface area contributed by atoms with Crippen LogP contribution in [0.1, 0.15) is 22.3 Å². The largest absolute Gasteiger partial charge is 0.310 e. The predicted octanol–water partition coefficient (Wildman–Crippen LogP) is 12.5. The average Bonchev–Trinajstić information content (AvgIpc) is 3.32. The van der Waals surface area contributed by atoms with Gasteiger partial charge in [0, 0.05) is 26.6 Å². The summed E-state index contributed by atoms with van der Waals surface area (Å²) < 4.78 is 0. The van der Waals surface area contributed by atoms with Crippen molar-refractivity contribution in [1.82, 2.24) is 0 Å². The zero-order chi connectivity index (χ0) is 39.6. The minimum atomic E-state index is -1.95. The Hall–Kier alpha value is -6.91. The van der Waals surface area contributed by atoms with Crippen LogP contribution in [0.3, 0.4) is 0 Å². The summed E-state index contributed by atoms with van der Waals surface area (Å²) in [5, 5.41) is 9.38. The molecule has 2 aliphatic heterocycles. The highest BCUT2D eigenvalue weighted by atomic mass is 32.2. The van der Waals surface area contributed by atoms with E-state index >= 15 is 0 Å². The highest BCUT2D eigenvalue weighted by Crippen LogP contribution is 2.56. The van der Waals surface area contributed by atoms with Gasteiger partial charge in [0.2, 0.25) is 0 Å². The lowest BCUT2D eigenvalue weighted by molar-refractivity contribution is 0.708. The first kappa shape index (κ1) is 35.1. The molecule has 0 radical (unpaired) electrons. The van der Waals surface area contributed by atoms with E-state index < -0.39 is 14.2 Å². The molecule has 0 fully saturated rings. The molecule has 0 aliphatic carbocycles. The molecular weight excluding hydrogens is 759 g/mol. The first-order valence-corrected chi connectivity index (χ1v) is 23.3. The fraction of sp³-hybridized carbons (Fsp3) is 0.0175. The number of nitrogens with zero attached hydrogens (tertiary/aromatic N) is 1. The van der Waals surface area contributed by atoms with Gasteiger partial charge >= 0.3 is 0 Å². The van der Waals surface area contributed by atoms with Gasteiger partial charge in [-0.05, 0) is 102 Å². The van der Waals surface area contributed by atoms with Gasteiger partial charge in [0.1, 0.15) is 8.80 Å². The minimum absolute atomic E-state index is 0.521. The quantitative estimate of drug-likeness (QED) is 0.126. The summed E-state index contributed by atoms with van der Waals surface area (Å²) in [5.41, 5.74) is 10.8. The Morgan fingerprint density at radius 3 is 1.63 bits per heavy atom. The molecule has 1 nitrogen and oxygen atoms in total. The molecule has 1 spiro atoms. The maximum absolute atomic E-state index is 2.58. The topological polar surface area (TPSA) is 3.24 Å². The summed E-state index contributed by atoms with van der Waals surface area (Å²) in [4.78, 5) is 5.15. The van der Waals surface area contributed by atoms with Gasteiger partial charge < -0.3 is 4.90 Å². The first-order chi connectivity index (χ1) is 29.8. The number of fused-ring (bicyclic) bond motifs is 11. The van der Waals surface area contributed by atoms with Gasteiger partial charge in [-0.3, -0.25) is 0 Å². The third-order valence-electron chi connectivity index (χ3n) is 12.8. The van der Waals surface area contributed by atoms with Crippen molar-refractivity contribution in [1.29, 1.82) is 0 Å². The molecule has 10 aromatic carbocycles. The molecule has 1 atom stereocenters. The van der Waals surface area contributed by atoms with E-state index in [1.165, 1.54) is 86.0 Å². The normalized spacial score (nSPS) is 14.6. The van der Waals surface area contributed by atoms with Crippen LogP contribution in [0.4, 0.5) is 17.1 Å². The van der Waals surface area contributed by atoms with Crippen LogP contribution in [0.15, 0.2) is 240 Å². The number of hydrogen-bond acceptors (Lipinski definition) is 2. The lowest BCUT2D eigenvalue weighted by atomic mass is 9.64.